The van der Waals surface area contributed by atoms with Crippen LogP contribution in [0.25, 0.3) is 11.3 Å². The Kier molecular flexibility index (Phi) is 5.29. The van der Waals surface area contributed by atoms with Crippen molar-refractivity contribution in [3.05, 3.63) is 18.0 Å². The van der Waals surface area contributed by atoms with E-state index >= 15 is 0 Å². The van der Waals surface area contributed by atoms with Crippen molar-refractivity contribution in [3.8, 4) is 11.3 Å². The molecule has 0 spiro atoms. The number of likely N-dealkylation sites (N-methyl/N-ethyl adjacent to an activating group) is 1. The van der Waals surface area contributed by atoms with E-state index in [1.165, 1.54) is 11.8 Å². The van der Waals surface area contributed by atoms with Crippen molar-refractivity contribution >= 4 is 17.9 Å². The van der Waals surface area contributed by atoms with Crippen molar-refractivity contribution < 1.29 is 22.7 Å². The lowest BCUT2D eigenvalue weighted by atomic mass is 10.1. The summed E-state index contributed by atoms with van der Waals surface area (Å²) in [5, 5.41) is 3.40. The van der Waals surface area contributed by atoms with Crippen LogP contribution in [-0.4, -0.2) is 62.5 Å². The highest BCUT2D eigenvalue weighted by atomic mass is 19.4. The van der Waals surface area contributed by atoms with E-state index < -0.39 is 18.0 Å². The summed E-state index contributed by atoms with van der Waals surface area (Å²) in [6.45, 7) is 7.64. The second-order valence-corrected chi connectivity index (χ2v) is 8.14. The predicted octanol–water partition coefficient (Wildman–Crippen LogP) is 2.76. The van der Waals surface area contributed by atoms with Gasteiger partial charge in [-0.25, -0.2) is 9.78 Å². The second kappa shape index (κ2) is 7.33. The number of hydrogen-bond donors (Lipinski definition) is 1. The van der Waals surface area contributed by atoms with Crippen LogP contribution >= 0.6 is 0 Å². The first-order valence-corrected chi connectivity index (χ1v) is 9.24. The van der Waals surface area contributed by atoms with Crippen LogP contribution in [0.5, 0.6) is 0 Å². The van der Waals surface area contributed by atoms with Gasteiger partial charge in [0.15, 0.2) is 0 Å². The summed E-state index contributed by atoms with van der Waals surface area (Å²) in [5.41, 5.74) is 5.55. The molecule has 1 fully saturated rings. The van der Waals surface area contributed by atoms with Crippen molar-refractivity contribution in [1.29, 1.82) is 0 Å². The van der Waals surface area contributed by atoms with E-state index in [2.05, 4.69) is 15.1 Å². The van der Waals surface area contributed by atoms with Gasteiger partial charge in [-0.15, -0.1) is 13.2 Å². The summed E-state index contributed by atoms with van der Waals surface area (Å²) in [4.78, 5) is 23.8. The molecule has 0 bridgehead atoms. The summed E-state index contributed by atoms with van der Waals surface area (Å²) < 4.78 is 44.4. The third-order valence-electron chi connectivity index (χ3n) is 4.67. The topological polar surface area (TPSA) is 102 Å². The van der Waals surface area contributed by atoms with Gasteiger partial charge in [0.1, 0.15) is 11.4 Å². The predicted molar refractivity (Wildman–Crippen MR) is 104 cm³/mol. The smallest absolute Gasteiger partial charge is 0.444 e. The molecule has 30 heavy (non-hydrogen) atoms. The van der Waals surface area contributed by atoms with Crippen molar-refractivity contribution in [3.63, 3.8) is 0 Å². The zero-order chi connectivity index (χ0) is 22.4. The molecule has 0 atom stereocenters. The lowest BCUT2D eigenvalue weighted by Crippen LogP contribution is -2.60. The maximum Gasteiger partial charge on any atom is 0.504 e. The Labute approximate surface area is 171 Å². The van der Waals surface area contributed by atoms with Crippen LogP contribution in [0.1, 0.15) is 26.5 Å². The van der Waals surface area contributed by atoms with Gasteiger partial charge >= 0.3 is 12.4 Å². The fourth-order valence-corrected chi connectivity index (χ4v) is 3.04. The Morgan fingerprint density at radius 3 is 2.43 bits per heavy atom. The lowest BCUT2D eigenvalue weighted by Gasteiger charge is -2.44. The number of nitrogens with two attached hydrogens (primary N) is 1. The summed E-state index contributed by atoms with van der Waals surface area (Å²) >= 11 is 0. The molecule has 0 radical (unpaired) electrons. The number of carbonyl (C=O) groups is 1. The molecule has 2 aromatic heterocycles. The first-order valence-electron chi connectivity index (χ1n) is 9.24. The van der Waals surface area contributed by atoms with Crippen LogP contribution < -0.4 is 10.6 Å². The number of ether oxygens (including phenoxy) is 1. The van der Waals surface area contributed by atoms with Crippen LogP contribution in [-0.2, 0) is 11.0 Å². The van der Waals surface area contributed by atoms with E-state index in [4.69, 9.17) is 10.5 Å². The molecule has 1 saturated heterocycles. The largest absolute Gasteiger partial charge is 0.504 e. The van der Waals surface area contributed by atoms with Gasteiger partial charge in [0.25, 0.3) is 0 Å². The van der Waals surface area contributed by atoms with E-state index in [9.17, 15) is 18.0 Å². The maximum absolute atomic E-state index is 13.0. The molecule has 1 aliphatic heterocycles. The van der Waals surface area contributed by atoms with E-state index in [0.29, 0.717) is 18.9 Å². The SMILES string of the molecule is Cc1c(-c2cc(N3CC(N(C)C(=O)OC(C)(C)C)C3)nc(N)n2)cnn1C(F)(F)F. The van der Waals surface area contributed by atoms with Crippen molar-refractivity contribution in [1.82, 2.24) is 24.6 Å². The van der Waals surface area contributed by atoms with Gasteiger partial charge in [-0.1, -0.05) is 0 Å². The minimum atomic E-state index is -4.62. The van der Waals surface area contributed by atoms with Crippen LogP contribution in [0.2, 0.25) is 0 Å². The van der Waals surface area contributed by atoms with E-state index in [1.54, 1.807) is 33.9 Å². The monoisotopic (exact) mass is 427 g/mol. The van der Waals surface area contributed by atoms with Crippen molar-refractivity contribution in [2.75, 3.05) is 30.8 Å². The number of anilines is 2. The fraction of sp³-hybridized carbons (Fsp3) is 0.556. The Morgan fingerprint density at radius 2 is 1.90 bits per heavy atom. The number of nitrogen functional groups attached to an aromatic ring is 1. The van der Waals surface area contributed by atoms with Crippen molar-refractivity contribution in [2.45, 2.75) is 45.6 Å². The highest BCUT2D eigenvalue weighted by Crippen LogP contribution is 2.31. The average Bonchev–Trinajstić information content (AvgIpc) is 2.93. The standard InChI is InChI=1S/C18H24F3N7O2/c1-10-12(7-23-28(10)18(19,20)21)13-6-14(25-15(22)24-13)27-8-11(9-27)26(5)16(29)30-17(2,3)4/h6-7,11H,8-9H2,1-5H3,(H2,22,24,25). The molecule has 0 aromatic carbocycles. The molecule has 0 unspecified atom stereocenters. The Bertz CT molecular complexity index is 946. The van der Waals surface area contributed by atoms with Crippen molar-refractivity contribution in [2.24, 2.45) is 0 Å². The van der Waals surface area contributed by atoms with E-state index in [-0.39, 0.29) is 33.6 Å². The Hall–Kier alpha value is -3.05. The van der Waals surface area contributed by atoms with Crippen LogP contribution in [0.4, 0.5) is 29.7 Å². The van der Waals surface area contributed by atoms with Gasteiger partial charge in [-0.3, -0.25) is 0 Å². The molecule has 0 aliphatic carbocycles. The minimum Gasteiger partial charge on any atom is -0.444 e. The zero-order valence-corrected chi connectivity index (χ0v) is 17.4. The average molecular weight is 427 g/mol. The summed E-state index contributed by atoms with van der Waals surface area (Å²) in [5.74, 6) is 0.399. The molecule has 2 aromatic rings. The number of carbonyl (C=O) groups excluding carboxylic acids is 1. The summed E-state index contributed by atoms with van der Waals surface area (Å²) in [7, 11) is 1.66. The number of alkyl halides is 3. The number of nitrogens with zero attached hydrogens (tertiary/aromatic N) is 6. The third kappa shape index (κ3) is 4.41. The minimum absolute atomic E-state index is 0.0181. The number of hydrogen-bond acceptors (Lipinski definition) is 7. The molecule has 2 N–H and O–H groups in total. The molecular formula is C18H24F3N7O2. The molecule has 9 nitrogen and oxygen atoms in total. The molecule has 3 rings (SSSR count). The molecule has 164 valence electrons. The van der Waals surface area contributed by atoms with Crippen LogP contribution in [0.15, 0.2) is 12.3 Å². The molecule has 12 heteroatoms. The molecular weight excluding hydrogens is 403 g/mol. The first kappa shape index (κ1) is 21.7. The zero-order valence-electron chi connectivity index (χ0n) is 17.4. The highest BCUT2D eigenvalue weighted by molar-refractivity contribution is 5.70. The van der Waals surface area contributed by atoms with Gasteiger partial charge < -0.3 is 20.3 Å². The number of aromatic nitrogens is 4. The number of halogens is 3. The third-order valence-corrected chi connectivity index (χ3v) is 4.67. The van der Waals surface area contributed by atoms with Gasteiger partial charge in [-0.05, 0) is 27.7 Å². The van der Waals surface area contributed by atoms with Crippen LogP contribution in [0, 0.1) is 6.92 Å². The van der Waals surface area contributed by atoms with Gasteiger partial charge in [-0.2, -0.15) is 14.8 Å². The summed E-state index contributed by atoms with van der Waals surface area (Å²) in [6, 6.07) is 1.47. The summed E-state index contributed by atoms with van der Waals surface area (Å²) in [6.07, 6.45) is -3.95. The molecule has 1 aliphatic rings. The first-order chi connectivity index (χ1) is 13.8. The number of amides is 1. The normalized spacial score (nSPS) is 15.1. The van der Waals surface area contributed by atoms with E-state index in [0.717, 1.165) is 6.20 Å². The fourth-order valence-electron chi connectivity index (χ4n) is 3.04. The van der Waals surface area contributed by atoms with Crippen LogP contribution in [0.3, 0.4) is 0 Å². The molecule has 0 saturated carbocycles. The van der Waals surface area contributed by atoms with Gasteiger partial charge in [0.05, 0.1) is 23.6 Å². The molecule has 3 heterocycles. The van der Waals surface area contributed by atoms with E-state index in [1.807, 2.05) is 4.90 Å². The lowest BCUT2D eigenvalue weighted by molar-refractivity contribution is -0.213. The Morgan fingerprint density at radius 1 is 1.27 bits per heavy atom. The van der Waals surface area contributed by atoms with Gasteiger partial charge in [0, 0.05) is 31.8 Å². The number of rotatable bonds is 3. The van der Waals surface area contributed by atoms with Gasteiger partial charge in [0.2, 0.25) is 5.95 Å². The Balaban J connectivity index is 1.75. The highest BCUT2D eigenvalue weighted by Gasteiger charge is 2.36. The molecule has 1 amide bonds. The maximum atomic E-state index is 13.0. The second-order valence-electron chi connectivity index (χ2n) is 8.14. The quantitative estimate of drug-likeness (QED) is 0.804.